The highest BCUT2D eigenvalue weighted by Gasteiger charge is 2.15. The molecule has 0 aliphatic carbocycles. The van der Waals surface area contributed by atoms with E-state index in [1.165, 1.54) is 5.56 Å². The molecular weight excluding hydrogens is 380 g/mol. The highest BCUT2D eigenvalue weighted by molar-refractivity contribution is 6.04. The van der Waals surface area contributed by atoms with Crippen LogP contribution in [0.1, 0.15) is 29.4 Å². The number of amides is 1. The van der Waals surface area contributed by atoms with E-state index in [0.717, 1.165) is 23.2 Å². The predicted molar refractivity (Wildman–Crippen MR) is 115 cm³/mol. The van der Waals surface area contributed by atoms with E-state index in [1.807, 2.05) is 36.0 Å². The quantitative estimate of drug-likeness (QED) is 0.439. The molecule has 154 valence electrons. The van der Waals surface area contributed by atoms with Crippen LogP contribution in [0.4, 0.5) is 0 Å². The summed E-state index contributed by atoms with van der Waals surface area (Å²) in [7, 11) is 0. The van der Waals surface area contributed by atoms with Gasteiger partial charge in [-0.3, -0.25) is 9.89 Å². The molecule has 3 heterocycles. The Morgan fingerprint density at radius 3 is 2.83 bits per heavy atom. The number of carbonyl (C=O) groups excluding carboxylic acids is 1. The molecule has 0 atom stereocenters. The number of carbonyl (C=O) groups is 1. The third kappa shape index (κ3) is 4.23. The zero-order chi connectivity index (χ0) is 20.9. The number of nitrogens with zero attached hydrogens (tertiary/aromatic N) is 4. The van der Waals surface area contributed by atoms with Gasteiger partial charge in [-0.25, -0.2) is 9.67 Å². The van der Waals surface area contributed by atoms with Gasteiger partial charge in [-0.1, -0.05) is 17.7 Å². The summed E-state index contributed by atoms with van der Waals surface area (Å²) in [6, 6.07) is 10.1. The van der Waals surface area contributed by atoms with Crippen molar-refractivity contribution in [2.24, 2.45) is 0 Å². The average Bonchev–Trinajstić information content (AvgIpc) is 3.41. The molecule has 0 radical (unpaired) electrons. The molecule has 8 heteroatoms. The minimum Gasteiger partial charge on any atom is -0.382 e. The SMILES string of the molecule is CCOCCCNC(=O)c1[nH]nc2ncc(-c3cnn(-c4ccc(C)cc4)c3)cc12. The van der Waals surface area contributed by atoms with Gasteiger partial charge in [-0.05, 0) is 38.5 Å². The van der Waals surface area contributed by atoms with Crippen molar-refractivity contribution < 1.29 is 9.53 Å². The number of nitrogens with one attached hydrogen (secondary N) is 2. The van der Waals surface area contributed by atoms with Gasteiger partial charge in [-0.2, -0.15) is 10.2 Å². The summed E-state index contributed by atoms with van der Waals surface area (Å²) >= 11 is 0. The van der Waals surface area contributed by atoms with Crippen LogP contribution in [-0.2, 0) is 4.74 Å². The third-order valence-corrected chi connectivity index (χ3v) is 4.81. The first kappa shape index (κ1) is 19.8. The lowest BCUT2D eigenvalue weighted by Gasteiger charge is -2.04. The topological polar surface area (TPSA) is 97.7 Å². The molecule has 0 saturated heterocycles. The molecule has 0 unspecified atom stereocenters. The number of benzene rings is 1. The van der Waals surface area contributed by atoms with E-state index in [9.17, 15) is 4.79 Å². The highest BCUT2D eigenvalue weighted by Crippen LogP contribution is 2.24. The fourth-order valence-corrected chi connectivity index (χ4v) is 3.15. The average molecular weight is 404 g/mol. The summed E-state index contributed by atoms with van der Waals surface area (Å²) < 4.78 is 7.11. The zero-order valence-corrected chi connectivity index (χ0v) is 17.1. The first-order chi connectivity index (χ1) is 14.7. The lowest BCUT2D eigenvalue weighted by atomic mass is 10.1. The van der Waals surface area contributed by atoms with E-state index in [2.05, 4.69) is 44.7 Å². The number of fused-ring (bicyclic) bond motifs is 1. The van der Waals surface area contributed by atoms with Gasteiger partial charge in [0.25, 0.3) is 5.91 Å². The maximum absolute atomic E-state index is 12.5. The second-order valence-electron chi connectivity index (χ2n) is 7.01. The molecule has 0 aliphatic rings. The number of ether oxygens (including phenoxy) is 1. The first-order valence-corrected chi connectivity index (χ1v) is 9.98. The molecule has 0 bridgehead atoms. The number of aryl methyl sites for hydroxylation is 1. The maximum atomic E-state index is 12.5. The van der Waals surface area contributed by atoms with Gasteiger partial charge in [0.05, 0.1) is 17.3 Å². The minimum absolute atomic E-state index is 0.205. The number of aromatic nitrogens is 5. The smallest absolute Gasteiger partial charge is 0.270 e. The molecule has 4 aromatic rings. The molecule has 30 heavy (non-hydrogen) atoms. The fourth-order valence-electron chi connectivity index (χ4n) is 3.15. The van der Waals surface area contributed by atoms with Crippen molar-refractivity contribution in [2.45, 2.75) is 20.3 Å². The van der Waals surface area contributed by atoms with Crippen LogP contribution in [0.5, 0.6) is 0 Å². The molecular formula is C22H24N6O2. The third-order valence-electron chi connectivity index (χ3n) is 4.81. The second-order valence-corrected chi connectivity index (χ2v) is 7.01. The summed E-state index contributed by atoms with van der Waals surface area (Å²) in [6.45, 7) is 5.84. The molecule has 0 fully saturated rings. The van der Waals surface area contributed by atoms with Crippen LogP contribution < -0.4 is 5.32 Å². The standard InChI is InChI=1S/C22H24N6O2/c1-3-30-10-4-9-23-22(29)20-19-11-16(12-24-21(19)27-26-20)17-13-25-28(14-17)18-7-5-15(2)6-8-18/h5-8,11-14H,3-4,9-10H2,1-2H3,(H,23,29)(H,24,26,27). The lowest BCUT2D eigenvalue weighted by Crippen LogP contribution is -2.25. The van der Waals surface area contributed by atoms with Crippen molar-refractivity contribution >= 4 is 16.9 Å². The van der Waals surface area contributed by atoms with E-state index < -0.39 is 0 Å². The summed E-state index contributed by atoms with van der Waals surface area (Å²) in [5.41, 5.74) is 4.87. The second kappa shape index (κ2) is 8.87. The van der Waals surface area contributed by atoms with E-state index >= 15 is 0 Å². The van der Waals surface area contributed by atoms with Crippen molar-refractivity contribution in [3.05, 3.63) is 60.2 Å². The zero-order valence-electron chi connectivity index (χ0n) is 17.1. The number of pyridine rings is 1. The van der Waals surface area contributed by atoms with Gasteiger partial charge < -0.3 is 10.1 Å². The molecule has 1 amide bonds. The summed E-state index contributed by atoms with van der Waals surface area (Å²) in [5, 5.41) is 15.0. The Labute approximate surface area is 174 Å². The van der Waals surface area contributed by atoms with Crippen molar-refractivity contribution in [2.75, 3.05) is 19.8 Å². The lowest BCUT2D eigenvalue weighted by molar-refractivity contribution is 0.0941. The molecule has 0 saturated carbocycles. The van der Waals surface area contributed by atoms with Gasteiger partial charge in [0.15, 0.2) is 5.65 Å². The van der Waals surface area contributed by atoms with E-state index in [4.69, 9.17) is 4.74 Å². The fraction of sp³-hybridized carbons (Fsp3) is 0.273. The monoisotopic (exact) mass is 404 g/mol. The molecule has 8 nitrogen and oxygen atoms in total. The van der Waals surface area contributed by atoms with Crippen LogP contribution in [0.15, 0.2) is 48.9 Å². The normalized spacial score (nSPS) is 11.1. The maximum Gasteiger partial charge on any atom is 0.270 e. The van der Waals surface area contributed by atoms with Crippen LogP contribution in [0.25, 0.3) is 27.8 Å². The van der Waals surface area contributed by atoms with Gasteiger partial charge in [0, 0.05) is 43.3 Å². The molecule has 0 spiro atoms. The minimum atomic E-state index is -0.205. The van der Waals surface area contributed by atoms with Gasteiger partial charge in [0.2, 0.25) is 0 Å². The summed E-state index contributed by atoms with van der Waals surface area (Å²) in [4.78, 5) is 16.9. The van der Waals surface area contributed by atoms with E-state index in [1.54, 1.807) is 12.4 Å². The van der Waals surface area contributed by atoms with Crippen LogP contribution in [0.3, 0.4) is 0 Å². The number of hydrogen-bond acceptors (Lipinski definition) is 5. The predicted octanol–water partition coefficient (Wildman–Crippen LogP) is 3.28. The Kier molecular flexibility index (Phi) is 5.85. The van der Waals surface area contributed by atoms with Crippen LogP contribution in [0, 0.1) is 6.92 Å². The first-order valence-electron chi connectivity index (χ1n) is 9.98. The van der Waals surface area contributed by atoms with Crippen molar-refractivity contribution in [3.8, 4) is 16.8 Å². The van der Waals surface area contributed by atoms with Gasteiger partial charge in [-0.15, -0.1) is 0 Å². The Hall–Kier alpha value is -3.52. The largest absolute Gasteiger partial charge is 0.382 e. The van der Waals surface area contributed by atoms with Crippen molar-refractivity contribution in [1.29, 1.82) is 0 Å². The highest BCUT2D eigenvalue weighted by atomic mass is 16.5. The number of hydrogen-bond donors (Lipinski definition) is 2. The number of aromatic amines is 1. The Balaban J connectivity index is 1.54. The Morgan fingerprint density at radius 2 is 2.03 bits per heavy atom. The molecule has 4 rings (SSSR count). The van der Waals surface area contributed by atoms with Gasteiger partial charge >= 0.3 is 0 Å². The van der Waals surface area contributed by atoms with Crippen LogP contribution in [-0.4, -0.2) is 50.6 Å². The molecule has 3 aromatic heterocycles. The Morgan fingerprint density at radius 1 is 1.20 bits per heavy atom. The summed E-state index contributed by atoms with van der Waals surface area (Å²) in [6.07, 6.45) is 6.23. The van der Waals surface area contributed by atoms with Crippen molar-refractivity contribution in [3.63, 3.8) is 0 Å². The van der Waals surface area contributed by atoms with E-state index in [0.29, 0.717) is 36.5 Å². The molecule has 1 aromatic carbocycles. The van der Waals surface area contributed by atoms with Crippen LogP contribution in [0.2, 0.25) is 0 Å². The molecule has 0 aliphatic heterocycles. The van der Waals surface area contributed by atoms with Crippen molar-refractivity contribution in [1.82, 2.24) is 30.3 Å². The number of rotatable bonds is 8. The van der Waals surface area contributed by atoms with E-state index in [-0.39, 0.29) is 5.91 Å². The van der Waals surface area contributed by atoms with Gasteiger partial charge in [0.1, 0.15) is 5.69 Å². The number of H-pyrrole nitrogens is 1. The molecule has 2 N–H and O–H groups in total. The summed E-state index contributed by atoms with van der Waals surface area (Å²) in [5.74, 6) is -0.205. The Bertz CT molecular complexity index is 1150. The van der Waals surface area contributed by atoms with Crippen LogP contribution >= 0.6 is 0 Å².